The molecule has 0 bridgehead atoms. The van der Waals surface area contributed by atoms with Crippen molar-refractivity contribution in [3.63, 3.8) is 0 Å². The van der Waals surface area contributed by atoms with Crippen molar-refractivity contribution >= 4 is 11.6 Å². The van der Waals surface area contributed by atoms with Crippen LogP contribution in [0.2, 0.25) is 0 Å². The Morgan fingerprint density at radius 3 is 2.63 bits per heavy atom. The molecule has 4 heteroatoms. The van der Waals surface area contributed by atoms with Crippen LogP contribution in [0.1, 0.15) is 33.3 Å². The lowest BCUT2D eigenvalue weighted by Gasteiger charge is -2.36. The third-order valence-electron chi connectivity index (χ3n) is 4.13. The highest BCUT2D eigenvalue weighted by Gasteiger charge is 2.40. The van der Waals surface area contributed by atoms with Crippen LogP contribution in [0.25, 0.3) is 0 Å². The number of carbonyl (C=O) groups excluding carboxylic acids is 1. The molecule has 0 fully saturated rings. The van der Waals surface area contributed by atoms with Gasteiger partial charge in [0.05, 0.1) is 12.0 Å². The van der Waals surface area contributed by atoms with Gasteiger partial charge in [-0.2, -0.15) is 0 Å². The molecule has 0 unspecified atom stereocenters. The number of amides is 1. The zero-order valence-corrected chi connectivity index (χ0v) is 12.0. The number of hydrogen-bond donors (Lipinski definition) is 2. The van der Waals surface area contributed by atoms with E-state index < -0.39 is 11.0 Å². The second-order valence-corrected chi connectivity index (χ2v) is 6.22. The summed E-state index contributed by atoms with van der Waals surface area (Å²) in [7, 11) is 0. The Kier molecular flexibility index (Phi) is 3.31. The van der Waals surface area contributed by atoms with Gasteiger partial charge in [0.1, 0.15) is 5.75 Å². The highest BCUT2D eigenvalue weighted by molar-refractivity contribution is 5.95. The minimum atomic E-state index is -0.650. The highest BCUT2D eigenvalue weighted by atomic mass is 16.5. The van der Waals surface area contributed by atoms with Crippen molar-refractivity contribution in [3.05, 3.63) is 23.8 Å². The topological polar surface area (TPSA) is 64.4 Å². The molecule has 104 valence electrons. The van der Waals surface area contributed by atoms with Crippen LogP contribution in [0, 0.1) is 5.41 Å². The fraction of sp³-hybridized carbons (Fsp3) is 0.533. The Morgan fingerprint density at radius 1 is 1.32 bits per heavy atom. The smallest absolute Gasteiger partial charge is 0.231 e. The molecular formula is C15H22N2O2. The van der Waals surface area contributed by atoms with Gasteiger partial charge in [-0.15, -0.1) is 0 Å². The molecule has 1 heterocycles. The van der Waals surface area contributed by atoms with Crippen LogP contribution in [0.4, 0.5) is 5.69 Å². The standard InChI is InChI=1S/C15H22N2O2/c1-14(2,15(3,4)16)13(18)17-11-5-6-12-10(9-11)7-8-19-12/h5-6,9H,7-8,16H2,1-4H3,(H,17,18). The maximum absolute atomic E-state index is 12.4. The number of rotatable bonds is 3. The van der Waals surface area contributed by atoms with Crippen molar-refractivity contribution in [2.24, 2.45) is 11.1 Å². The van der Waals surface area contributed by atoms with E-state index in [9.17, 15) is 4.79 Å². The maximum atomic E-state index is 12.4. The van der Waals surface area contributed by atoms with Gasteiger partial charge in [-0.25, -0.2) is 0 Å². The molecule has 3 N–H and O–H groups in total. The molecule has 0 atom stereocenters. The van der Waals surface area contributed by atoms with E-state index in [1.807, 2.05) is 45.9 Å². The monoisotopic (exact) mass is 262 g/mol. The molecule has 2 rings (SSSR count). The van der Waals surface area contributed by atoms with Crippen LogP contribution in [-0.2, 0) is 11.2 Å². The van der Waals surface area contributed by atoms with Gasteiger partial charge in [-0.1, -0.05) is 0 Å². The predicted octanol–water partition coefficient (Wildman–Crippen LogP) is 2.32. The Morgan fingerprint density at radius 2 is 2.00 bits per heavy atom. The number of nitrogens with one attached hydrogen (secondary N) is 1. The van der Waals surface area contributed by atoms with Crippen molar-refractivity contribution in [1.82, 2.24) is 0 Å². The lowest BCUT2D eigenvalue weighted by molar-refractivity contribution is -0.126. The van der Waals surface area contributed by atoms with Gasteiger partial charge < -0.3 is 15.8 Å². The summed E-state index contributed by atoms with van der Waals surface area (Å²) in [5, 5.41) is 2.94. The predicted molar refractivity (Wildman–Crippen MR) is 76.3 cm³/mol. The average molecular weight is 262 g/mol. The third kappa shape index (κ3) is 2.59. The lowest BCUT2D eigenvalue weighted by Crippen LogP contribution is -2.53. The van der Waals surface area contributed by atoms with E-state index in [1.165, 1.54) is 0 Å². The Bertz CT molecular complexity index is 501. The zero-order chi connectivity index (χ0) is 14.3. The van der Waals surface area contributed by atoms with Gasteiger partial charge in [-0.05, 0) is 51.5 Å². The van der Waals surface area contributed by atoms with Crippen molar-refractivity contribution < 1.29 is 9.53 Å². The number of fused-ring (bicyclic) bond motifs is 1. The van der Waals surface area contributed by atoms with Crippen molar-refractivity contribution in [2.75, 3.05) is 11.9 Å². The second kappa shape index (κ2) is 4.53. The number of carbonyl (C=O) groups is 1. The maximum Gasteiger partial charge on any atom is 0.231 e. The summed E-state index contributed by atoms with van der Waals surface area (Å²) in [6.45, 7) is 8.16. The Balaban J connectivity index is 2.16. The zero-order valence-electron chi connectivity index (χ0n) is 12.0. The number of nitrogens with two attached hydrogens (primary N) is 1. The molecular weight excluding hydrogens is 240 g/mol. The van der Waals surface area contributed by atoms with E-state index in [4.69, 9.17) is 10.5 Å². The highest BCUT2D eigenvalue weighted by Crippen LogP contribution is 2.32. The summed E-state index contributed by atoms with van der Waals surface area (Å²) < 4.78 is 5.45. The molecule has 19 heavy (non-hydrogen) atoms. The first kappa shape index (κ1) is 13.9. The molecule has 0 spiro atoms. The largest absolute Gasteiger partial charge is 0.493 e. The van der Waals surface area contributed by atoms with Crippen LogP contribution in [-0.4, -0.2) is 18.1 Å². The Labute approximate surface area is 114 Å². The molecule has 0 saturated carbocycles. The molecule has 1 aromatic carbocycles. The third-order valence-corrected chi connectivity index (χ3v) is 4.13. The van der Waals surface area contributed by atoms with Gasteiger partial charge in [-0.3, -0.25) is 4.79 Å². The first-order valence-electron chi connectivity index (χ1n) is 6.58. The molecule has 1 aliphatic heterocycles. The number of hydrogen-bond acceptors (Lipinski definition) is 3. The van der Waals surface area contributed by atoms with Gasteiger partial charge in [0.2, 0.25) is 5.91 Å². The van der Waals surface area contributed by atoms with Gasteiger partial charge >= 0.3 is 0 Å². The molecule has 1 amide bonds. The molecule has 1 aliphatic rings. The van der Waals surface area contributed by atoms with Gasteiger partial charge in [0.15, 0.2) is 0 Å². The van der Waals surface area contributed by atoms with Gasteiger partial charge in [0, 0.05) is 17.6 Å². The number of anilines is 1. The van der Waals surface area contributed by atoms with Gasteiger partial charge in [0.25, 0.3) is 0 Å². The first-order valence-corrected chi connectivity index (χ1v) is 6.58. The van der Waals surface area contributed by atoms with E-state index in [0.717, 1.165) is 23.4 Å². The van der Waals surface area contributed by atoms with Crippen LogP contribution in [0.3, 0.4) is 0 Å². The molecule has 4 nitrogen and oxygen atoms in total. The Hall–Kier alpha value is -1.55. The summed E-state index contributed by atoms with van der Waals surface area (Å²) in [4.78, 5) is 12.4. The van der Waals surface area contributed by atoms with Crippen molar-refractivity contribution in [2.45, 2.75) is 39.7 Å². The van der Waals surface area contributed by atoms with Crippen LogP contribution < -0.4 is 15.8 Å². The average Bonchev–Trinajstić information content (AvgIpc) is 2.74. The van der Waals surface area contributed by atoms with E-state index in [0.29, 0.717) is 6.61 Å². The summed E-state index contributed by atoms with van der Waals surface area (Å²) in [5.41, 5.74) is 6.78. The summed E-state index contributed by atoms with van der Waals surface area (Å²) >= 11 is 0. The summed E-state index contributed by atoms with van der Waals surface area (Å²) in [6.07, 6.45) is 0.894. The quantitative estimate of drug-likeness (QED) is 0.878. The van der Waals surface area contributed by atoms with Crippen LogP contribution in [0.5, 0.6) is 5.75 Å². The van der Waals surface area contributed by atoms with E-state index >= 15 is 0 Å². The molecule has 1 aromatic rings. The minimum Gasteiger partial charge on any atom is -0.493 e. The SMILES string of the molecule is CC(C)(N)C(C)(C)C(=O)Nc1ccc2c(c1)CCO2. The molecule has 0 radical (unpaired) electrons. The fourth-order valence-electron chi connectivity index (χ4n) is 1.84. The number of ether oxygens (including phenoxy) is 1. The summed E-state index contributed by atoms with van der Waals surface area (Å²) in [6, 6.07) is 5.74. The van der Waals surface area contributed by atoms with E-state index in [2.05, 4.69) is 5.32 Å². The van der Waals surface area contributed by atoms with E-state index in [-0.39, 0.29) is 5.91 Å². The number of benzene rings is 1. The second-order valence-electron chi connectivity index (χ2n) is 6.22. The lowest BCUT2D eigenvalue weighted by atomic mass is 9.74. The minimum absolute atomic E-state index is 0.0705. The normalized spacial score (nSPS) is 14.8. The molecule has 0 aromatic heterocycles. The summed E-state index contributed by atoms with van der Waals surface area (Å²) in [5.74, 6) is 0.843. The van der Waals surface area contributed by atoms with Crippen LogP contribution >= 0.6 is 0 Å². The first-order chi connectivity index (χ1) is 8.72. The fourth-order valence-corrected chi connectivity index (χ4v) is 1.84. The molecule has 0 aliphatic carbocycles. The van der Waals surface area contributed by atoms with Crippen LogP contribution in [0.15, 0.2) is 18.2 Å². The van der Waals surface area contributed by atoms with Crippen molar-refractivity contribution in [3.8, 4) is 5.75 Å². The van der Waals surface area contributed by atoms with Crippen molar-refractivity contribution in [1.29, 1.82) is 0 Å². The molecule has 0 saturated heterocycles. The van der Waals surface area contributed by atoms with E-state index in [1.54, 1.807) is 0 Å².